The fourth-order valence-electron chi connectivity index (χ4n) is 2.60. The van der Waals surface area contributed by atoms with Crippen LogP contribution < -0.4 is 9.47 Å². The normalized spacial score (nSPS) is 12.2. The molecule has 23 heavy (non-hydrogen) atoms. The third kappa shape index (κ3) is 7.04. The quantitative estimate of drug-likeness (QED) is 0.432. The van der Waals surface area contributed by atoms with Crippen molar-refractivity contribution in [1.82, 2.24) is 0 Å². The average Bonchev–Trinajstić information content (AvgIpc) is 2.55. The van der Waals surface area contributed by atoms with Gasteiger partial charge < -0.3 is 19.0 Å². The smallest absolute Gasteiger partial charge is 0.161 e. The molecule has 1 aromatic rings. The van der Waals surface area contributed by atoms with Crippen LogP contribution in [-0.4, -0.2) is 33.7 Å². The van der Waals surface area contributed by atoms with E-state index in [4.69, 9.17) is 14.2 Å². The van der Waals surface area contributed by atoms with Crippen molar-refractivity contribution in [2.24, 2.45) is 11.8 Å². The zero-order chi connectivity index (χ0) is 17.1. The number of aldehydes is 1. The van der Waals surface area contributed by atoms with E-state index >= 15 is 0 Å². The molecule has 0 amide bonds. The summed E-state index contributed by atoms with van der Waals surface area (Å²) in [6.45, 7) is 5.71. The first-order chi connectivity index (χ1) is 11.1. The van der Waals surface area contributed by atoms with Crippen LogP contribution in [0.5, 0.6) is 11.5 Å². The van der Waals surface area contributed by atoms with Gasteiger partial charge in [-0.15, -0.1) is 0 Å². The third-order valence-electron chi connectivity index (χ3n) is 4.07. The van der Waals surface area contributed by atoms with Gasteiger partial charge in [-0.3, -0.25) is 0 Å². The van der Waals surface area contributed by atoms with Gasteiger partial charge in [0.25, 0.3) is 0 Å². The van der Waals surface area contributed by atoms with E-state index < -0.39 is 0 Å². The standard InChI is InChI=1S/C19H30O4/c1-15(2)17(7-5-10-20)13-16-8-9-18(22-4)19(14-16)23-12-6-11-21-3/h8-10,14-15,17H,5-7,11-13H2,1-4H3. The van der Waals surface area contributed by atoms with E-state index in [0.717, 1.165) is 37.0 Å². The van der Waals surface area contributed by atoms with Crippen LogP contribution in [-0.2, 0) is 16.0 Å². The Kier molecular flexibility index (Phi) is 9.37. The molecule has 1 aromatic carbocycles. The predicted molar refractivity (Wildman–Crippen MR) is 92.3 cm³/mol. The fourth-order valence-corrected chi connectivity index (χ4v) is 2.60. The van der Waals surface area contributed by atoms with Crippen molar-refractivity contribution in [2.75, 3.05) is 27.4 Å². The van der Waals surface area contributed by atoms with E-state index in [0.29, 0.717) is 31.5 Å². The summed E-state index contributed by atoms with van der Waals surface area (Å²) < 4.78 is 16.2. The van der Waals surface area contributed by atoms with Crippen LogP contribution in [0.15, 0.2) is 18.2 Å². The third-order valence-corrected chi connectivity index (χ3v) is 4.07. The first kappa shape index (κ1) is 19.5. The maximum Gasteiger partial charge on any atom is 0.161 e. The number of rotatable bonds is 12. The topological polar surface area (TPSA) is 44.8 Å². The summed E-state index contributed by atoms with van der Waals surface area (Å²) in [7, 11) is 3.34. The summed E-state index contributed by atoms with van der Waals surface area (Å²) in [4.78, 5) is 10.6. The van der Waals surface area contributed by atoms with Gasteiger partial charge in [0.2, 0.25) is 0 Å². The summed E-state index contributed by atoms with van der Waals surface area (Å²) >= 11 is 0. The molecule has 0 saturated heterocycles. The highest BCUT2D eigenvalue weighted by molar-refractivity contribution is 5.49. The molecule has 0 fully saturated rings. The minimum absolute atomic E-state index is 0.495. The number of carbonyl (C=O) groups excluding carboxylic acids is 1. The Bertz CT molecular complexity index is 457. The van der Waals surface area contributed by atoms with Crippen molar-refractivity contribution in [1.29, 1.82) is 0 Å². The Labute approximate surface area is 140 Å². The molecule has 0 radical (unpaired) electrons. The lowest BCUT2D eigenvalue weighted by Gasteiger charge is -2.21. The Morgan fingerprint density at radius 3 is 2.52 bits per heavy atom. The Hall–Kier alpha value is -1.55. The summed E-state index contributed by atoms with van der Waals surface area (Å²) in [5.74, 6) is 2.57. The molecule has 0 bridgehead atoms. The molecule has 4 nitrogen and oxygen atoms in total. The van der Waals surface area contributed by atoms with Crippen LogP contribution in [0.25, 0.3) is 0 Å². The van der Waals surface area contributed by atoms with Gasteiger partial charge in [0.1, 0.15) is 6.29 Å². The minimum Gasteiger partial charge on any atom is -0.493 e. The molecule has 0 aliphatic carbocycles. The molecule has 0 N–H and O–H groups in total. The molecule has 0 spiro atoms. The number of ether oxygens (including phenoxy) is 3. The molecule has 1 atom stereocenters. The van der Waals surface area contributed by atoms with Gasteiger partial charge in [-0.1, -0.05) is 19.9 Å². The lowest BCUT2D eigenvalue weighted by molar-refractivity contribution is -0.108. The second-order valence-corrected chi connectivity index (χ2v) is 6.13. The zero-order valence-electron chi connectivity index (χ0n) is 14.8. The van der Waals surface area contributed by atoms with E-state index in [1.54, 1.807) is 14.2 Å². The maximum atomic E-state index is 10.6. The molecule has 0 heterocycles. The molecule has 0 aliphatic rings. The van der Waals surface area contributed by atoms with Crippen LogP contribution in [0.1, 0.15) is 38.7 Å². The Morgan fingerprint density at radius 2 is 1.91 bits per heavy atom. The van der Waals surface area contributed by atoms with Crippen molar-refractivity contribution in [3.8, 4) is 11.5 Å². The van der Waals surface area contributed by atoms with Gasteiger partial charge in [-0.25, -0.2) is 0 Å². The van der Waals surface area contributed by atoms with Gasteiger partial charge in [0.15, 0.2) is 11.5 Å². The highest BCUT2D eigenvalue weighted by atomic mass is 16.5. The van der Waals surface area contributed by atoms with Crippen molar-refractivity contribution in [3.05, 3.63) is 23.8 Å². The minimum atomic E-state index is 0.495. The van der Waals surface area contributed by atoms with Gasteiger partial charge in [0.05, 0.1) is 13.7 Å². The van der Waals surface area contributed by atoms with Gasteiger partial charge in [-0.2, -0.15) is 0 Å². The van der Waals surface area contributed by atoms with Crippen LogP contribution in [0, 0.1) is 11.8 Å². The van der Waals surface area contributed by atoms with Gasteiger partial charge in [0, 0.05) is 26.6 Å². The van der Waals surface area contributed by atoms with Crippen molar-refractivity contribution >= 4 is 6.29 Å². The Balaban J connectivity index is 2.75. The largest absolute Gasteiger partial charge is 0.493 e. The number of hydrogen-bond donors (Lipinski definition) is 0. The van der Waals surface area contributed by atoms with Crippen molar-refractivity contribution in [3.63, 3.8) is 0 Å². The number of hydrogen-bond acceptors (Lipinski definition) is 4. The number of methoxy groups -OCH3 is 2. The summed E-state index contributed by atoms with van der Waals surface area (Å²) in [6, 6.07) is 6.09. The molecule has 130 valence electrons. The molecule has 1 rings (SSSR count). The Morgan fingerprint density at radius 1 is 1.13 bits per heavy atom. The molecular weight excluding hydrogens is 292 g/mol. The van der Waals surface area contributed by atoms with E-state index in [2.05, 4.69) is 26.0 Å². The van der Waals surface area contributed by atoms with Crippen LogP contribution in [0.3, 0.4) is 0 Å². The molecule has 4 heteroatoms. The second-order valence-electron chi connectivity index (χ2n) is 6.13. The van der Waals surface area contributed by atoms with E-state index in [-0.39, 0.29) is 0 Å². The van der Waals surface area contributed by atoms with Crippen molar-refractivity contribution in [2.45, 2.75) is 39.5 Å². The van der Waals surface area contributed by atoms with Gasteiger partial charge >= 0.3 is 0 Å². The highest BCUT2D eigenvalue weighted by Crippen LogP contribution is 2.31. The molecule has 0 saturated carbocycles. The lowest BCUT2D eigenvalue weighted by atomic mass is 9.86. The fraction of sp³-hybridized carbons (Fsp3) is 0.632. The molecule has 1 unspecified atom stereocenters. The summed E-state index contributed by atoms with van der Waals surface area (Å²) in [6.07, 6.45) is 4.35. The van der Waals surface area contributed by atoms with E-state index in [1.807, 2.05) is 6.07 Å². The first-order valence-corrected chi connectivity index (χ1v) is 8.34. The summed E-state index contributed by atoms with van der Waals surface area (Å²) in [5, 5.41) is 0. The van der Waals surface area contributed by atoms with Crippen LogP contribution in [0.4, 0.5) is 0 Å². The SMILES string of the molecule is COCCCOc1cc(CC(CCC=O)C(C)C)ccc1OC. The summed E-state index contributed by atoms with van der Waals surface area (Å²) in [5.41, 5.74) is 1.22. The van der Waals surface area contributed by atoms with E-state index in [9.17, 15) is 4.79 Å². The highest BCUT2D eigenvalue weighted by Gasteiger charge is 2.15. The number of benzene rings is 1. The van der Waals surface area contributed by atoms with Crippen LogP contribution in [0.2, 0.25) is 0 Å². The second kappa shape index (κ2) is 11.1. The van der Waals surface area contributed by atoms with Gasteiger partial charge in [-0.05, 0) is 42.4 Å². The average molecular weight is 322 g/mol. The zero-order valence-corrected chi connectivity index (χ0v) is 14.8. The molecular formula is C19H30O4. The molecule has 0 aromatic heterocycles. The van der Waals surface area contributed by atoms with Crippen molar-refractivity contribution < 1.29 is 19.0 Å². The van der Waals surface area contributed by atoms with Crippen LogP contribution >= 0.6 is 0 Å². The van der Waals surface area contributed by atoms with E-state index in [1.165, 1.54) is 5.56 Å². The monoisotopic (exact) mass is 322 g/mol. The maximum absolute atomic E-state index is 10.6. The first-order valence-electron chi connectivity index (χ1n) is 8.34. The number of carbonyl (C=O) groups is 1. The predicted octanol–water partition coefficient (Wildman–Crippen LogP) is 3.90. The lowest BCUT2D eigenvalue weighted by Crippen LogP contribution is -2.12. The molecule has 0 aliphatic heterocycles.